The Morgan fingerprint density at radius 3 is 2.12 bits per heavy atom. The quantitative estimate of drug-likeness (QED) is 0.496. The highest BCUT2D eigenvalue weighted by Gasteiger charge is 2.69. The second-order valence-electron chi connectivity index (χ2n) is 8.50. The van der Waals surface area contributed by atoms with Crippen molar-refractivity contribution < 1.29 is 19.1 Å². The van der Waals surface area contributed by atoms with Crippen molar-refractivity contribution in [3.63, 3.8) is 0 Å². The van der Waals surface area contributed by atoms with E-state index in [1.54, 1.807) is 36.4 Å². The van der Waals surface area contributed by atoms with Gasteiger partial charge in [-0.1, -0.05) is 72.8 Å². The summed E-state index contributed by atoms with van der Waals surface area (Å²) < 4.78 is 5.26. The van der Waals surface area contributed by atoms with E-state index in [0.29, 0.717) is 11.3 Å². The lowest BCUT2D eigenvalue weighted by atomic mass is 9.75. The van der Waals surface area contributed by atoms with Gasteiger partial charge in [0.15, 0.2) is 5.54 Å². The van der Waals surface area contributed by atoms with Crippen LogP contribution in [0.25, 0.3) is 0 Å². The van der Waals surface area contributed by atoms with E-state index < -0.39 is 35.3 Å². The normalized spacial score (nSPS) is 26.4. The molecule has 6 nitrogen and oxygen atoms in total. The number of hydrogen-bond donors (Lipinski definition) is 1. The van der Waals surface area contributed by atoms with Crippen LogP contribution in [-0.2, 0) is 24.7 Å². The third kappa shape index (κ3) is 3.02. The molecule has 33 heavy (non-hydrogen) atoms. The zero-order valence-electron chi connectivity index (χ0n) is 18.4. The second-order valence-corrected chi connectivity index (χ2v) is 8.50. The number of nitrogens with zero attached hydrogens (tertiary/aromatic N) is 1. The Morgan fingerprint density at radius 1 is 0.879 bits per heavy atom. The van der Waals surface area contributed by atoms with Gasteiger partial charge >= 0.3 is 5.97 Å². The van der Waals surface area contributed by atoms with E-state index in [4.69, 9.17) is 4.74 Å². The number of amides is 2. The summed E-state index contributed by atoms with van der Waals surface area (Å²) in [5.41, 5.74) is 1.45. The van der Waals surface area contributed by atoms with Gasteiger partial charge in [0.25, 0.3) is 0 Å². The first-order valence-electron chi connectivity index (χ1n) is 10.9. The maximum atomic E-state index is 13.9. The van der Waals surface area contributed by atoms with Gasteiger partial charge in [-0.3, -0.25) is 14.9 Å². The highest BCUT2D eigenvalue weighted by Crippen LogP contribution is 2.54. The van der Waals surface area contributed by atoms with Gasteiger partial charge in [0.05, 0.1) is 24.6 Å². The molecule has 2 aliphatic heterocycles. The largest absolute Gasteiger partial charge is 0.467 e. The topological polar surface area (TPSA) is 75.7 Å². The number of carbonyl (C=O) groups excluding carboxylic acids is 3. The first kappa shape index (κ1) is 21.1. The molecule has 3 aromatic carbocycles. The summed E-state index contributed by atoms with van der Waals surface area (Å²) in [4.78, 5) is 42.5. The number of anilines is 1. The highest BCUT2D eigenvalue weighted by atomic mass is 16.5. The van der Waals surface area contributed by atoms with Crippen molar-refractivity contribution >= 4 is 23.5 Å². The van der Waals surface area contributed by atoms with Crippen molar-refractivity contribution in [3.05, 3.63) is 102 Å². The van der Waals surface area contributed by atoms with Crippen molar-refractivity contribution in [1.82, 2.24) is 5.32 Å². The van der Waals surface area contributed by atoms with Crippen molar-refractivity contribution in [1.29, 1.82) is 0 Å². The summed E-state index contributed by atoms with van der Waals surface area (Å²) in [5.74, 6) is -3.04. The number of rotatable bonds is 4. The van der Waals surface area contributed by atoms with Gasteiger partial charge in [-0.2, -0.15) is 0 Å². The molecule has 6 heteroatoms. The summed E-state index contributed by atoms with van der Waals surface area (Å²) >= 11 is 0. The molecule has 2 aliphatic rings. The van der Waals surface area contributed by atoms with E-state index in [1.165, 1.54) is 12.0 Å². The maximum absolute atomic E-state index is 13.9. The molecule has 4 atom stereocenters. The number of carbonyl (C=O) groups is 3. The van der Waals surface area contributed by atoms with Crippen molar-refractivity contribution in [2.75, 3.05) is 12.0 Å². The second kappa shape index (κ2) is 7.98. The molecule has 0 saturated carbocycles. The number of hydrogen-bond acceptors (Lipinski definition) is 5. The average molecular weight is 440 g/mol. The smallest absolute Gasteiger partial charge is 0.331 e. The molecule has 0 aliphatic carbocycles. The van der Waals surface area contributed by atoms with Gasteiger partial charge in [-0.05, 0) is 35.7 Å². The van der Waals surface area contributed by atoms with E-state index in [9.17, 15) is 14.4 Å². The SMILES string of the molecule is COC(=O)[C@@]1(c2ccccc2)N[C@@H](c2ccccc2C)[C@@H]2C(=O)N(c3ccccc3)C(=O)[C@H]21. The standard InChI is InChI=1S/C27H24N2O4/c1-17-11-9-10-16-20(17)23-21-22(25(31)29(24(21)30)19-14-7-4-8-15-19)27(28-23,26(32)33-2)18-12-5-3-6-13-18/h3-16,21-23,28H,1-2H3/t21-,22+,23+,27+/m1/s1. The number of para-hydroxylation sites is 1. The lowest BCUT2D eigenvalue weighted by Gasteiger charge is -2.33. The van der Waals surface area contributed by atoms with Gasteiger partial charge in [-0.25, -0.2) is 9.69 Å². The van der Waals surface area contributed by atoms with E-state index in [1.807, 2.05) is 55.5 Å². The molecule has 2 fully saturated rings. The number of imide groups is 1. The van der Waals surface area contributed by atoms with Crippen LogP contribution in [0.3, 0.4) is 0 Å². The van der Waals surface area contributed by atoms with Crippen LogP contribution < -0.4 is 10.2 Å². The van der Waals surface area contributed by atoms with Crippen LogP contribution in [0.4, 0.5) is 5.69 Å². The molecule has 0 unspecified atom stereocenters. The Morgan fingerprint density at radius 2 is 1.48 bits per heavy atom. The predicted octanol–water partition coefficient (Wildman–Crippen LogP) is 3.51. The van der Waals surface area contributed by atoms with E-state index in [2.05, 4.69) is 5.32 Å². The van der Waals surface area contributed by atoms with Gasteiger partial charge in [0.1, 0.15) is 0 Å². The summed E-state index contributed by atoms with van der Waals surface area (Å²) in [6.07, 6.45) is 0. The molecule has 2 heterocycles. The number of benzene rings is 3. The fourth-order valence-corrected chi connectivity index (χ4v) is 5.37. The molecule has 0 radical (unpaired) electrons. The fourth-order valence-electron chi connectivity index (χ4n) is 5.37. The number of methoxy groups -OCH3 is 1. The number of aryl methyl sites for hydroxylation is 1. The van der Waals surface area contributed by atoms with E-state index in [0.717, 1.165) is 11.1 Å². The number of nitrogens with one attached hydrogen (secondary N) is 1. The number of esters is 1. The van der Waals surface area contributed by atoms with Gasteiger partial charge in [-0.15, -0.1) is 0 Å². The lowest BCUT2D eigenvalue weighted by Crippen LogP contribution is -2.53. The molecule has 2 amide bonds. The van der Waals surface area contributed by atoms with E-state index >= 15 is 0 Å². The van der Waals surface area contributed by atoms with E-state index in [-0.39, 0.29) is 5.91 Å². The Bertz CT molecular complexity index is 1230. The predicted molar refractivity (Wildman–Crippen MR) is 123 cm³/mol. The van der Waals surface area contributed by atoms with Gasteiger partial charge in [0.2, 0.25) is 11.8 Å². The minimum atomic E-state index is -1.50. The first-order chi connectivity index (χ1) is 16.0. The van der Waals surface area contributed by atoms with Gasteiger partial charge < -0.3 is 4.74 Å². The monoisotopic (exact) mass is 440 g/mol. The number of ether oxygens (including phenoxy) is 1. The third-order valence-electron chi connectivity index (χ3n) is 6.83. The van der Waals surface area contributed by atoms with Crippen LogP contribution in [0.5, 0.6) is 0 Å². The Hall–Kier alpha value is -3.77. The average Bonchev–Trinajstić information content (AvgIpc) is 3.34. The Kier molecular flexibility index (Phi) is 5.10. The summed E-state index contributed by atoms with van der Waals surface area (Å²) in [6, 6.07) is 25.1. The molecule has 0 aromatic heterocycles. The van der Waals surface area contributed by atoms with Crippen LogP contribution >= 0.6 is 0 Å². The molecule has 3 aromatic rings. The molecule has 0 bridgehead atoms. The summed E-state index contributed by atoms with van der Waals surface area (Å²) in [7, 11) is 1.31. The maximum Gasteiger partial charge on any atom is 0.331 e. The van der Waals surface area contributed by atoms with Crippen LogP contribution in [0.2, 0.25) is 0 Å². The van der Waals surface area contributed by atoms with Crippen molar-refractivity contribution in [2.24, 2.45) is 11.8 Å². The molecule has 1 N–H and O–H groups in total. The molecule has 2 saturated heterocycles. The zero-order valence-corrected chi connectivity index (χ0v) is 18.4. The molecule has 5 rings (SSSR count). The van der Waals surface area contributed by atoms with Crippen LogP contribution in [0.15, 0.2) is 84.9 Å². The van der Waals surface area contributed by atoms with Crippen LogP contribution in [0.1, 0.15) is 22.7 Å². The molecule has 0 spiro atoms. The van der Waals surface area contributed by atoms with Crippen LogP contribution in [0, 0.1) is 18.8 Å². The summed E-state index contributed by atoms with van der Waals surface area (Å²) in [5, 5.41) is 3.42. The molecule has 166 valence electrons. The number of fused-ring (bicyclic) bond motifs is 1. The first-order valence-corrected chi connectivity index (χ1v) is 10.9. The highest BCUT2D eigenvalue weighted by molar-refractivity contribution is 6.24. The zero-order chi connectivity index (χ0) is 23.2. The van der Waals surface area contributed by atoms with Gasteiger partial charge in [0, 0.05) is 6.04 Å². The van der Waals surface area contributed by atoms with Crippen LogP contribution in [-0.4, -0.2) is 24.9 Å². The lowest BCUT2D eigenvalue weighted by molar-refractivity contribution is -0.152. The molecular weight excluding hydrogens is 416 g/mol. The van der Waals surface area contributed by atoms with Crippen molar-refractivity contribution in [2.45, 2.75) is 18.5 Å². The van der Waals surface area contributed by atoms with Crippen molar-refractivity contribution in [3.8, 4) is 0 Å². The Balaban J connectivity index is 1.75. The minimum absolute atomic E-state index is 0.321. The third-order valence-corrected chi connectivity index (χ3v) is 6.83. The minimum Gasteiger partial charge on any atom is -0.467 e. The molecular formula is C27H24N2O4. The fraction of sp³-hybridized carbons (Fsp3) is 0.222. The Labute approximate surface area is 192 Å². The summed E-state index contributed by atoms with van der Waals surface area (Å²) in [6.45, 7) is 1.96.